The molecular weight excluding hydrogens is 290 g/mol. The van der Waals surface area contributed by atoms with Crippen LogP contribution in [0.4, 0.5) is 0 Å². The van der Waals surface area contributed by atoms with E-state index in [9.17, 15) is 9.59 Å². The molecule has 0 radical (unpaired) electrons. The number of aromatic nitrogens is 3. The number of nitrogens with one attached hydrogen (secondary N) is 1. The van der Waals surface area contributed by atoms with E-state index in [1.54, 1.807) is 28.8 Å². The maximum absolute atomic E-state index is 11.7. The summed E-state index contributed by atoms with van der Waals surface area (Å²) in [5, 5.41) is 7.01. The largest absolute Gasteiger partial charge is 0.461 e. The van der Waals surface area contributed by atoms with E-state index in [1.165, 1.54) is 11.8 Å². The van der Waals surface area contributed by atoms with Gasteiger partial charge in [0.25, 0.3) is 0 Å². The molecule has 21 heavy (non-hydrogen) atoms. The van der Waals surface area contributed by atoms with Gasteiger partial charge in [0.05, 0.1) is 5.56 Å². The van der Waals surface area contributed by atoms with Crippen molar-refractivity contribution in [3.05, 3.63) is 46.4 Å². The Morgan fingerprint density at radius 2 is 2.14 bits per heavy atom. The van der Waals surface area contributed by atoms with Crippen LogP contribution in [-0.4, -0.2) is 33.1 Å². The van der Waals surface area contributed by atoms with Gasteiger partial charge in [0.15, 0.2) is 5.16 Å². The Kier molecular flexibility index (Phi) is 5.62. The highest BCUT2D eigenvalue weighted by Crippen LogP contribution is 2.13. The van der Waals surface area contributed by atoms with Gasteiger partial charge in [-0.15, -0.1) is 5.10 Å². The van der Waals surface area contributed by atoms with E-state index in [1.807, 2.05) is 13.0 Å². The first-order valence-electron chi connectivity index (χ1n) is 6.72. The van der Waals surface area contributed by atoms with Crippen molar-refractivity contribution < 1.29 is 9.53 Å². The predicted molar refractivity (Wildman–Crippen MR) is 80.6 cm³/mol. The van der Waals surface area contributed by atoms with Crippen LogP contribution >= 0.6 is 11.8 Å². The van der Waals surface area contributed by atoms with E-state index < -0.39 is 0 Å². The van der Waals surface area contributed by atoms with Gasteiger partial charge in [-0.25, -0.2) is 14.7 Å². The van der Waals surface area contributed by atoms with E-state index in [0.29, 0.717) is 23.0 Å². The van der Waals surface area contributed by atoms with Crippen molar-refractivity contribution in [3.8, 4) is 0 Å². The third-order valence-electron chi connectivity index (χ3n) is 2.73. The predicted octanol–water partition coefficient (Wildman–Crippen LogP) is 1.93. The molecule has 0 spiro atoms. The number of benzene rings is 1. The SMILES string of the molecule is CCCn1c(SCCOC(=O)c2ccccc2)n[nH]c1=O. The van der Waals surface area contributed by atoms with E-state index in [-0.39, 0.29) is 18.3 Å². The van der Waals surface area contributed by atoms with Gasteiger partial charge in [-0.1, -0.05) is 36.9 Å². The van der Waals surface area contributed by atoms with Crippen molar-refractivity contribution in [1.29, 1.82) is 0 Å². The number of aromatic amines is 1. The Morgan fingerprint density at radius 3 is 2.86 bits per heavy atom. The maximum atomic E-state index is 11.7. The molecule has 1 aromatic heterocycles. The molecule has 0 aliphatic heterocycles. The summed E-state index contributed by atoms with van der Waals surface area (Å²) in [4.78, 5) is 23.2. The summed E-state index contributed by atoms with van der Waals surface area (Å²) in [6.45, 7) is 2.89. The zero-order chi connectivity index (χ0) is 15.1. The third kappa shape index (κ3) is 4.22. The molecule has 0 amide bonds. The summed E-state index contributed by atoms with van der Waals surface area (Å²) in [5.41, 5.74) is 0.325. The minimum Gasteiger partial charge on any atom is -0.461 e. The van der Waals surface area contributed by atoms with Crippen LogP contribution in [0.25, 0.3) is 0 Å². The Morgan fingerprint density at radius 1 is 1.38 bits per heavy atom. The Labute approximate surface area is 126 Å². The smallest absolute Gasteiger partial charge is 0.343 e. The first-order chi connectivity index (χ1) is 10.2. The van der Waals surface area contributed by atoms with Crippen LogP contribution < -0.4 is 5.69 Å². The van der Waals surface area contributed by atoms with Gasteiger partial charge in [-0.3, -0.25) is 4.57 Å². The van der Waals surface area contributed by atoms with Crippen LogP contribution in [-0.2, 0) is 11.3 Å². The van der Waals surface area contributed by atoms with Crippen LogP contribution in [0.15, 0.2) is 40.3 Å². The average Bonchev–Trinajstić information content (AvgIpc) is 2.86. The number of carbonyl (C=O) groups excluding carboxylic acids is 1. The molecule has 1 heterocycles. The van der Waals surface area contributed by atoms with Crippen LogP contribution in [0, 0.1) is 0 Å². The summed E-state index contributed by atoms with van der Waals surface area (Å²) in [7, 11) is 0. The van der Waals surface area contributed by atoms with E-state index in [0.717, 1.165) is 6.42 Å². The molecule has 0 saturated carbocycles. The van der Waals surface area contributed by atoms with Crippen LogP contribution in [0.1, 0.15) is 23.7 Å². The number of esters is 1. The monoisotopic (exact) mass is 307 g/mol. The molecule has 0 fully saturated rings. The molecule has 0 bridgehead atoms. The molecule has 7 heteroatoms. The summed E-state index contributed by atoms with van der Waals surface area (Å²) in [6.07, 6.45) is 0.857. The summed E-state index contributed by atoms with van der Waals surface area (Å²) < 4.78 is 6.76. The van der Waals surface area contributed by atoms with Gasteiger partial charge < -0.3 is 4.74 Å². The standard InChI is InChI=1S/C14H17N3O3S/c1-2-8-17-13(19)15-16-14(17)21-10-9-20-12(18)11-6-4-3-5-7-11/h3-7H,2,8-10H2,1H3,(H,15,19). The number of rotatable bonds is 7. The maximum Gasteiger partial charge on any atom is 0.343 e. The molecule has 6 nitrogen and oxygen atoms in total. The molecule has 1 aromatic carbocycles. The zero-order valence-electron chi connectivity index (χ0n) is 11.7. The van der Waals surface area contributed by atoms with Crippen molar-refractivity contribution >= 4 is 17.7 Å². The quantitative estimate of drug-likeness (QED) is 0.480. The first-order valence-corrected chi connectivity index (χ1v) is 7.71. The molecule has 0 saturated heterocycles. The highest BCUT2D eigenvalue weighted by molar-refractivity contribution is 7.99. The topological polar surface area (TPSA) is 77.0 Å². The lowest BCUT2D eigenvalue weighted by molar-refractivity contribution is 0.0530. The van der Waals surface area contributed by atoms with E-state index in [4.69, 9.17) is 4.74 Å². The highest BCUT2D eigenvalue weighted by Gasteiger charge is 2.09. The normalized spacial score (nSPS) is 10.5. The second-order valence-corrected chi connectivity index (χ2v) is 5.38. The van der Waals surface area contributed by atoms with Gasteiger partial charge in [0.1, 0.15) is 6.61 Å². The molecular formula is C14H17N3O3S. The minimum absolute atomic E-state index is 0.208. The van der Waals surface area contributed by atoms with Crippen LogP contribution in [0.2, 0.25) is 0 Å². The molecule has 2 aromatic rings. The van der Waals surface area contributed by atoms with Gasteiger partial charge in [-0.05, 0) is 18.6 Å². The van der Waals surface area contributed by atoms with Crippen LogP contribution in [0.3, 0.4) is 0 Å². The number of ether oxygens (including phenoxy) is 1. The number of hydrogen-bond donors (Lipinski definition) is 1. The number of nitrogens with zero attached hydrogens (tertiary/aromatic N) is 2. The fourth-order valence-corrected chi connectivity index (χ4v) is 2.55. The number of hydrogen-bond acceptors (Lipinski definition) is 5. The van der Waals surface area contributed by atoms with Gasteiger partial charge in [-0.2, -0.15) is 0 Å². The average molecular weight is 307 g/mol. The van der Waals surface area contributed by atoms with Crippen LogP contribution in [0.5, 0.6) is 0 Å². The molecule has 112 valence electrons. The molecule has 0 unspecified atom stereocenters. The molecule has 0 aliphatic rings. The van der Waals surface area contributed by atoms with Crippen molar-refractivity contribution in [3.63, 3.8) is 0 Å². The number of carbonyl (C=O) groups is 1. The van der Waals surface area contributed by atoms with Gasteiger partial charge in [0.2, 0.25) is 0 Å². The van der Waals surface area contributed by atoms with E-state index in [2.05, 4.69) is 10.2 Å². The lowest BCUT2D eigenvalue weighted by atomic mass is 10.2. The lowest BCUT2D eigenvalue weighted by Crippen LogP contribution is -2.17. The Hall–Kier alpha value is -2.02. The number of thioether (sulfide) groups is 1. The fraction of sp³-hybridized carbons (Fsp3) is 0.357. The fourth-order valence-electron chi connectivity index (χ4n) is 1.76. The minimum atomic E-state index is -0.343. The Bertz CT molecular complexity index is 636. The van der Waals surface area contributed by atoms with Crippen molar-refractivity contribution in [2.24, 2.45) is 0 Å². The van der Waals surface area contributed by atoms with Crippen molar-refractivity contribution in [2.75, 3.05) is 12.4 Å². The molecule has 2 rings (SSSR count). The van der Waals surface area contributed by atoms with Crippen molar-refractivity contribution in [1.82, 2.24) is 14.8 Å². The third-order valence-corrected chi connectivity index (χ3v) is 3.67. The second-order valence-electron chi connectivity index (χ2n) is 4.31. The molecule has 1 N–H and O–H groups in total. The van der Waals surface area contributed by atoms with Gasteiger partial charge in [0, 0.05) is 12.3 Å². The summed E-state index contributed by atoms with van der Waals surface area (Å²) in [6, 6.07) is 8.85. The summed E-state index contributed by atoms with van der Waals surface area (Å²) in [5.74, 6) is 0.205. The number of H-pyrrole nitrogens is 1. The Balaban J connectivity index is 1.80. The highest BCUT2D eigenvalue weighted by atomic mass is 32.2. The summed E-state index contributed by atoms with van der Waals surface area (Å²) >= 11 is 1.39. The zero-order valence-corrected chi connectivity index (χ0v) is 12.6. The van der Waals surface area contributed by atoms with Crippen molar-refractivity contribution in [2.45, 2.75) is 25.0 Å². The van der Waals surface area contributed by atoms with E-state index >= 15 is 0 Å². The second kappa shape index (κ2) is 7.68. The lowest BCUT2D eigenvalue weighted by Gasteiger charge is -2.05. The molecule has 0 aliphatic carbocycles. The van der Waals surface area contributed by atoms with Gasteiger partial charge >= 0.3 is 11.7 Å². The molecule has 0 atom stereocenters. The first kappa shape index (κ1) is 15.4.